The molecule has 1 fully saturated rings. The first-order chi connectivity index (χ1) is 9.88. The van der Waals surface area contributed by atoms with Gasteiger partial charge in [-0.25, -0.2) is 0 Å². The quantitative estimate of drug-likeness (QED) is 0.897. The summed E-state index contributed by atoms with van der Waals surface area (Å²) in [5.74, 6) is 0.00194. The second-order valence-corrected chi connectivity index (χ2v) is 6.68. The summed E-state index contributed by atoms with van der Waals surface area (Å²) in [4.78, 5) is 12.2. The molecule has 2 unspecified atom stereocenters. The number of carbonyl (C=O) groups is 1. The van der Waals surface area contributed by atoms with E-state index >= 15 is 0 Å². The van der Waals surface area contributed by atoms with E-state index in [4.69, 9.17) is 4.74 Å². The van der Waals surface area contributed by atoms with E-state index in [2.05, 4.69) is 55.7 Å². The third kappa shape index (κ3) is 4.97. The van der Waals surface area contributed by atoms with Crippen LogP contribution in [0, 0.1) is 0 Å². The zero-order valence-corrected chi connectivity index (χ0v) is 14.6. The Morgan fingerprint density at radius 2 is 1.95 bits per heavy atom. The van der Waals surface area contributed by atoms with E-state index < -0.39 is 0 Å². The Kier molecular flexibility index (Phi) is 6.85. The fourth-order valence-electron chi connectivity index (χ4n) is 2.40. The molecule has 0 spiro atoms. The molecule has 1 saturated heterocycles. The van der Waals surface area contributed by atoms with Gasteiger partial charge in [-0.05, 0) is 23.5 Å². The molecule has 22 heavy (non-hydrogen) atoms. The maximum atomic E-state index is 12.2. The van der Waals surface area contributed by atoms with Gasteiger partial charge in [0.2, 0.25) is 5.91 Å². The minimum absolute atomic E-state index is 0. The number of halogens is 1. The highest BCUT2D eigenvalue weighted by Crippen LogP contribution is 2.23. The van der Waals surface area contributed by atoms with Crippen molar-refractivity contribution in [3.8, 4) is 0 Å². The van der Waals surface area contributed by atoms with E-state index in [-0.39, 0.29) is 35.8 Å². The van der Waals surface area contributed by atoms with Gasteiger partial charge in [-0.15, -0.1) is 12.4 Å². The number of nitrogens with one attached hydrogen (secondary N) is 2. The zero-order chi connectivity index (χ0) is 15.5. The van der Waals surface area contributed by atoms with Crippen molar-refractivity contribution in [2.24, 2.45) is 0 Å². The normalized spacial score (nSPS) is 19.9. The first-order valence-electron chi connectivity index (χ1n) is 7.60. The lowest BCUT2D eigenvalue weighted by Gasteiger charge is -2.25. The van der Waals surface area contributed by atoms with E-state index in [1.54, 1.807) is 0 Å². The SMILES string of the molecule is CC(NC(=O)C1COCCN1)c1ccc(C(C)(C)C)cc1.Cl. The van der Waals surface area contributed by atoms with Crippen molar-refractivity contribution in [3.05, 3.63) is 35.4 Å². The van der Waals surface area contributed by atoms with E-state index in [1.165, 1.54) is 5.56 Å². The third-order valence-electron chi connectivity index (χ3n) is 3.87. The van der Waals surface area contributed by atoms with Gasteiger partial charge in [0.05, 0.1) is 19.3 Å². The molecule has 124 valence electrons. The van der Waals surface area contributed by atoms with Crippen LogP contribution in [0.5, 0.6) is 0 Å². The predicted molar refractivity (Wildman–Crippen MR) is 91.6 cm³/mol. The van der Waals surface area contributed by atoms with Gasteiger partial charge in [-0.1, -0.05) is 45.0 Å². The summed E-state index contributed by atoms with van der Waals surface area (Å²) in [7, 11) is 0. The molecule has 1 aliphatic rings. The highest BCUT2D eigenvalue weighted by Gasteiger charge is 2.22. The van der Waals surface area contributed by atoms with Crippen molar-refractivity contribution in [3.63, 3.8) is 0 Å². The van der Waals surface area contributed by atoms with Crippen LogP contribution in [-0.4, -0.2) is 31.7 Å². The summed E-state index contributed by atoms with van der Waals surface area (Å²) in [5, 5.41) is 6.21. The van der Waals surface area contributed by atoms with Gasteiger partial charge in [0.1, 0.15) is 6.04 Å². The number of amides is 1. The molecule has 4 nitrogen and oxygen atoms in total. The first kappa shape index (κ1) is 18.9. The van der Waals surface area contributed by atoms with Crippen molar-refractivity contribution < 1.29 is 9.53 Å². The van der Waals surface area contributed by atoms with Gasteiger partial charge >= 0.3 is 0 Å². The van der Waals surface area contributed by atoms with Gasteiger partial charge in [0.25, 0.3) is 0 Å². The topological polar surface area (TPSA) is 50.4 Å². The van der Waals surface area contributed by atoms with E-state index in [0.29, 0.717) is 13.2 Å². The van der Waals surface area contributed by atoms with Gasteiger partial charge in [-0.3, -0.25) is 4.79 Å². The molecule has 2 rings (SSSR count). The van der Waals surface area contributed by atoms with Crippen molar-refractivity contribution in [1.29, 1.82) is 0 Å². The molecule has 2 atom stereocenters. The molecular formula is C17H27ClN2O2. The number of benzene rings is 1. The molecule has 1 amide bonds. The molecule has 0 aromatic heterocycles. The summed E-state index contributed by atoms with van der Waals surface area (Å²) in [6.45, 7) is 10.4. The number of hydrogen-bond acceptors (Lipinski definition) is 3. The number of hydrogen-bond donors (Lipinski definition) is 2. The van der Waals surface area contributed by atoms with Crippen LogP contribution in [0.2, 0.25) is 0 Å². The molecule has 1 aliphatic heterocycles. The van der Waals surface area contributed by atoms with Gasteiger partial charge in [-0.2, -0.15) is 0 Å². The molecule has 0 bridgehead atoms. The monoisotopic (exact) mass is 326 g/mol. The average molecular weight is 327 g/mol. The Morgan fingerprint density at radius 1 is 1.32 bits per heavy atom. The van der Waals surface area contributed by atoms with E-state index in [0.717, 1.165) is 12.1 Å². The van der Waals surface area contributed by atoms with Crippen LogP contribution in [0.25, 0.3) is 0 Å². The molecule has 0 radical (unpaired) electrons. The molecule has 2 N–H and O–H groups in total. The minimum atomic E-state index is -0.241. The van der Waals surface area contributed by atoms with Crippen LogP contribution in [-0.2, 0) is 14.9 Å². The van der Waals surface area contributed by atoms with Crippen LogP contribution in [0.4, 0.5) is 0 Å². The number of ether oxygens (including phenoxy) is 1. The van der Waals surface area contributed by atoms with Crippen molar-refractivity contribution in [1.82, 2.24) is 10.6 Å². The van der Waals surface area contributed by atoms with Crippen molar-refractivity contribution in [2.45, 2.75) is 45.2 Å². The third-order valence-corrected chi connectivity index (χ3v) is 3.87. The highest BCUT2D eigenvalue weighted by molar-refractivity contribution is 5.85. The Hall–Kier alpha value is -1.10. The van der Waals surface area contributed by atoms with Crippen LogP contribution >= 0.6 is 12.4 Å². The Balaban J connectivity index is 0.00000242. The molecule has 0 aliphatic carbocycles. The van der Waals surface area contributed by atoms with Crippen LogP contribution < -0.4 is 10.6 Å². The Morgan fingerprint density at radius 3 is 2.45 bits per heavy atom. The lowest BCUT2D eigenvalue weighted by Crippen LogP contribution is -2.51. The maximum absolute atomic E-state index is 12.2. The highest BCUT2D eigenvalue weighted by atomic mass is 35.5. The fourth-order valence-corrected chi connectivity index (χ4v) is 2.40. The Bertz CT molecular complexity index is 476. The fraction of sp³-hybridized carbons (Fsp3) is 0.588. The van der Waals surface area contributed by atoms with Crippen molar-refractivity contribution >= 4 is 18.3 Å². The van der Waals surface area contributed by atoms with Gasteiger partial charge < -0.3 is 15.4 Å². The van der Waals surface area contributed by atoms with Crippen molar-refractivity contribution in [2.75, 3.05) is 19.8 Å². The number of rotatable bonds is 3. The molecule has 0 saturated carbocycles. The lowest BCUT2D eigenvalue weighted by atomic mass is 9.86. The number of morpholine rings is 1. The zero-order valence-electron chi connectivity index (χ0n) is 13.8. The predicted octanol–water partition coefficient (Wildman–Crippen LogP) is 2.57. The molecule has 5 heteroatoms. The number of carbonyl (C=O) groups excluding carboxylic acids is 1. The Labute approximate surface area is 139 Å². The van der Waals surface area contributed by atoms with Crippen LogP contribution in [0.1, 0.15) is 44.9 Å². The minimum Gasteiger partial charge on any atom is -0.378 e. The van der Waals surface area contributed by atoms with Gasteiger partial charge in [0.15, 0.2) is 0 Å². The van der Waals surface area contributed by atoms with E-state index in [9.17, 15) is 4.79 Å². The standard InChI is InChI=1S/C17H26N2O2.ClH/c1-12(19-16(20)15-11-21-10-9-18-15)13-5-7-14(8-6-13)17(2,3)4;/h5-8,12,15,18H,9-11H2,1-4H3,(H,19,20);1H. The van der Waals surface area contributed by atoms with Crippen LogP contribution in [0.15, 0.2) is 24.3 Å². The molecule has 1 heterocycles. The lowest BCUT2D eigenvalue weighted by molar-refractivity contribution is -0.126. The smallest absolute Gasteiger partial charge is 0.240 e. The molecular weight excluding hydrogens is 300 g/mol. The molecule has 1 aromatic rings. The second kappa shape index (κ2) is 7.95. The summed E-state index contributed by atoms with van der Waals surface area (Å²) in [5.41, 5.74) is 2.56. The first-order valence-corrected chi connectivity index (χ1v) is 7.60. The average Bonchev–Trinajstić information content (AvgIpc) is 2.47. The van der Waals surface area contributed by atoms with E-state index in [1.807, 2.05) is 6.92 Å². The summed E-state index contributed by atoms with van der Waals surface area (Å²) < 4.78 is 5.32. The van der Waals surface area contributed by atoms with Crippen LogP contribution in [0.3, 0.4) is 0 Å². The summed E-state index contributed by atoms with van der Waals surface area (Å²) >= 11 is 0. The largest absolute Gasteiger partial charge is 0.378 e. The molecule has 1 aromatic carbocycles. The second-order valence-electron chi connectivity index (χ2n) is 6.68. The maximum Gasteiger partial charge on any atom is 0.240 e. The van der Waals surface area contributed by atoms with Gasteiger partial charge in [0, 0.05) is 6.54 Å². The summed E-state index contributed by atoms with van der Waals surface area (Å²) in [6, 6.07) is 8.22. The summed E-state index contributed by atoms with van der Waals surface area (Å²) in [6.07, 6.45) is 0.